The molecule has 1 atom stereocenters. The zero-order valence-electron chi connectivity index (χ0n) is 23.5. The number of nitro groups is 1. The predicted octanol–water partition coefficient (Wildman–Crippen LogP) is 6.24. The van der Waals surface area contributed by atoms with Crippen molar-refractivity contribution in [2.24, 2.45) is 4.99 Å². The molecule has 0 spiro atoms. The van der Waals surface area contributed by atoms with Gasteiger partial charge in [-0.1, -0.05) is 72.8 Å². The van der Waals surface area contributed by atoms with Gasteiger partial charge in [-0.05, 0) is 47.0 Å². The summed E-state index contributed by atoms with van der Waals surface area (Å²) in [5.74, 6) is -0.559. The normalized spacial score (nSPS) is 14.0. The number of non-ortho nitro benzene ring substituents is 1. The van der Waals surface area contributed by atoms with Crippen molar-refractivity contribution in [3.8, 4) is 11.1 Å². The first-order valence-electron chi connectivity index (χ1n) is 14.1. The van der Waals surface area contributed by atoms with E-state index in [1.165, 1.54) is 12.1 Å². The number of benzodiazepines with no additional fused rings is 1. The molecule has 0 radical (unpaired) electrons. The van der Waals surface area contributed by atoms with Crippen molar-refractivity contribution in [1.29, 1.82) is 0 Å². The van der Waals surface area contributed by atoms with Crippen molar-refractivity contribution in [2.75, 3.05) is 10.6 Å². The fraction of sp³-hybridized carbons (Fsp3) is 0.0857. The van der Waals surface area contributed by atoms with Crippen LogP contribution in [0.15, 0.2) is 126 Å². The lowest BCUT2D eigenvalue weighted by atomic mass is 9.95. The van der Waals surface area contributed by atoms with Crippen LogP contribution in [-0.2, 0) is 22.4 Å². The minimum absolute atomic E-state index is 0.137. The van der Waals surface area contributed by atoms with Crippen LogP contribution >= 0.6 is 0 Å². The van der Waals surface area contributed by atoms with Crippen LogP contribution in [0.3, 0.4) is 0 Å². The van der Waals surface area contributed by atoms with Gasteiger partial charge in [0.05, 0.1) is 22.7 Å². The van der Waals surface area contributed by atoms with Crippen LogP contribution in [0.1, 0.15) is 22.4 Å². The van der Waals surface area contributed by atoms with Gasteiger partial charge in [0.1, 0.15) is 6.04 Å². The molecule has 2 amide bonds. The van der Waals surface area contributed by atoms with Crippen molar-refractivity contribution in [3.63, 3.8) is 0 Å². The van der Waals surface area contributed by atoms with Crippen molar-refractivity contribution in [3.05, 3.63) is 154 Å². The molecular weight excluding hydrogens is 554 g/mol. The summed E-state index contributed by atoms with van der Waals surface area (Å²) in [7, 11) is 0. The van der Waals surface area contributed by atoms with Gasteiger partial charge in [0.2, 0.25) is 11.8 Å². The second kappa shape index (κ2) is 12.5. The van der Waals surface area contributed by atoms with Gasteiger partial charge >= 0.3 is 0 Å². The fourth-order valence-electron chi connectivity index (χ4n) is 5.21. The number of rotatable bonds is 8. The largest absolute Gasteiger partial charge is 0.326 e. The zero-order chi connectivity index (χ0) is 30.5. The lowest BCUT2D eigenvalue weighted by Crippen LogP contribution is -2.27. The van der Waals surface area contributed by atoms with E-state index >= 15 is 0 Å². The first-order chi connectivity index (χ1) is 21.4. The standard InChI is InChI=1S/C35H27N5O4/c41-33(21-27-11-6-7-19-36-27)37-26-15-13-24(14-16-26)34-30-18-17-28(40(43)44)22-31(30)39-35(42)32(38-34)20-25-10-4-5-12-29(25)23-8-2-1-3-9-23/h1-19,22,32H,20-21H2,(H,37,41)(H,39,42). The van der Waals surface area contributed by atoms with Gasteiger partial charge in [-0.2, -0.15) is 0 Å². The summed E-state index contributed by atoms with van der Waals surface area (Å²) in [6, 6.07) is 33.9. The van der Waals surface area contributed by atoms with E-state index in [0.29, 0.717) is 40.3 Å². The Morgan fingerprint density at radius 1 is 0.841 bits per heavy atom. The maximum atomic E-state index is 13.6. The Labute approximate surface area is 253 Å². The van der Waals surface area contributed by atoms with E-state index in [-0.39, 0.29) is 23.9 Å². The van der Waals surface area contributed by atoms with Crippen molar-refractivity contribution >= 4 is 34.6 Å². The van der Waals surface area contributed by atoms with E-state index in [9.17, 15) is 19.7 Å². The molecular formula is C35H27N5O4. The van der Waals surface area contributed by atoms with Crippen LogP contribution in [0.4, 0.5) is 17.1 Å². The maximum absolute atomic E-state index is 13.6. The number of aliphatic imine (C=N–C) groups is 1. The Morgan fingerprint density at radius 2 is 1.59 bits per heavy atom. The number of anilines is 2. The van der Waals surface area contributed by atoms with E-state index in [1.807, 2.05) is 72.8 Å². The van der Waals surface area contributed by atoms with Crippen molar-refractivity contribution in [1.82, 2.24) is 4.98 Å². The third-order valence-electron chi connectivity index (χ3n) is 7.34. The molecule has 1 aromatic heterocycles. The van der Waals surface area contributed by atoms with Gasteiger partial charge in [0.15, 0.2) is 0 Å². The summed E-state index contributed by atoms with van der Waals surface area (Å²) >= 11 is 0. The smallest absolute Gasteiger partial charge is 0.271 e. The SMILES string of the molecule is O=C(Cc1ccccn1)Nc1ccc(C2=NC(Cc3ccccc3-c3ccccc3)C(=O)Nc3cc([N+](=O)[O-])ccc32)cc1. The first-order valence-corrected chi connectivity index (χ1v) is 14.1. The van der Waals surface area contributed by atoms with E-state index in [2.05, 4.69) is 15.6 Å². The number of nitrogens with zero attached hydrogens (tertiary/aromatic N) is 3. The van der Waals surface area contributed by atoms with Crippen LogP contribution < -0.4 is 10.6 Å². The Morgan fingerprint density at radius 3 is 2.34 bits per heavy atom. The predicted molar refractivity (Wildman–Crippen MR) is 170 cm³/mol. The molecule has 0 fully saturated rings. The number of amides is 2. The number of nitrogens with one attached hydrogen (secondary N) is 2. The monoisotopic (exact) mass is 581 g/mol. The molecule has 44 heavy (non-hydrogen) atoms. The Bertz CT molecular complexity index is 1870. The van der Waals surface area contributed by atoms with Crippen LogP contribution in [0.5, 0.6) is 0 Å². The highest BCUT2D eigenvalue weighted by molar-refractivity contribution is 6.20. The van der Waals surface area contributed by atoms with Gasteiger partial charge in [0, 0.05) is 47.3 Å². The average molecular weight is 582 g/mol. The second-order valence-electron chi connectivity index (χ2n) is 10.3. The molecule has 0 bridgehead atoms. The van der Waals surface area contributed by atoms with E-state index in [1.54, 1.807) is 36.5 Å². The minimum Gasteiger partial charge on any atom is -0.326 e. The number of aromatic nitrogens is 1. The average Bonchev–Trinajstić information content (AvgIpc) is 3.18. The van der Waals surface area contributed by atoms with E-state index < -0.39 is 11.0 Å². The van der Waals surface area contributed by atoms with Gasteiger partial charge < -0.3 is 10.6 Å². The fourth-order valence-corrected chi connectivity index (χ4v) is 5.21. The number of hydrogen-bond acceptors (Lipinski definition) is 6. The third kappa shape index (κ3) is 6.27. The summed E-state index contributed by atoms with van der Waals surface area (Å²) in [4.78, 5) is 46.4. The Balaban J connectivity index is 1.34. The maximum Gasteiger partial charge on any atom is 0.271 e. The summed E-state index contributed by atoms with van der Waals surface area (Å²) in [5, 5.41) is 17.3. The number of nitro benzene ring substituents is 1. The molecule has 2 N–H and O–H groups in total. The first kappa shape index (κ1) is 28.2. The summed E-state index contributed by atoms with van der Waals surface area (Å²) in [6.07, 6.45) is 2.10. The number of pyridine rings is 1. The topological polar surface area (TPSA) is 127 Å². The van der Waals surface area contributed by atoms with Gasteiger partial charge in [-0.3, -0.25) is 29.7 Å². The van der Waals surface area contributed by atoms with Crippen LogP contribution in [0.25, 0.3) is 11.1 Å². The molecule has 216 valence electrons. The molecule has 1 aliphatic rings. The van der Waals surface area contributed by atoms with Gasteiger partial charge in [-0.15, -0.1) is 0 Å². The highest BCUT2D eigenvalue weighted by atomic mass is 16.6. The van der Waals surface area contributed by atoms with E-state index in [4.69, 9.17) is 4.99 Å². The quantitative estimate of drug-likeness (QED) is 0.166. The number of fused-ring (bicyclic) bond motifs is 1. The highest BCUT2D eigenvalue weighted by Crippen LogP contribution is 2.31. The molecule has 0 aliphatic carbocycles. The molecule has 0 saturated carbocycles. The lowest BCUT2D eigenvalue weighted by Gasteiger charge is -2.15. The zero-order valence-corrected chi connectivity index (χ0v) is 23.5. The van der Waals surface area contributed by atoms with Crippen LogP contribution in [0.2, 0.25) is 0 Å². The summed E-state index contributed by atoms with van der Waals surface area (Å²) in [6.45, 7) is 0. The number of hydrogen-bond donors (Lipinski definition) is 2. The lowest BCUT2D eigenvalue weighted by molar-refractivity contribution is -0.384. The minimum atomic E-state index is -0.806. The van der Waals surface area contributed by atoms with Gasteiger partial charge in [-0.25, -0.2) is 0 Å². The summed E-state index contributed by atoms with van der Waals surface area (Å²) < 4.78 is 0. The van der Waals surface area contributed by atoms with Crippen molar-refractivity contribution in [2.45, 2.75) is 18.9 Å². The molecule has 6 rings (SSSR count). The van der Waals surface area contributed by atoms with Crippen LogP contribution in [0, 0.1) is 10.1 Å². The van der Waals surface area contributed by atoms with E-state index in [0.717, 1.165) is 16.7 Å². The molecule has 9 heteroatoms. The number of carbonyl (C=O) groups excluding carboxylic acids is 2. The molecule has 4 aromatic carbocycles. The number of benzene rings is 4. The Hall–Kier alpha value is -5.96. The second-order valence-corrected chi connectivity index (χ2v) is 10.3. The van der Waals surface area contributed by atoms with Gasteiger partial charge in [0.25, 0.3) is 5.69 Å². The number of carbonyl (C=O) groups is 2. The molecule has 1 aliphatic heterocycles. The molecule has 9 nitrogen and oxygen atoms in total. The Kier molecular flexibility index (Phi) is 8.00. The molecule has 0 saturated heterocycles. The highest BCUT2D eigenvalue weighted by Gasteiger charge is 2.28. The van der Waals surface area contributed by atoms with Crippen LogP contribution in [-0.4, -0.2) is 33.5 Å². The summed E-state index contributed by atoms with van der Waals surface area (Å²) in [5.41, 5.74) is 6.19. The molecule has 5 aromatic rings. The molecule has 1 unspecified atom stereocenters. The molecule has 2 heterocycles. The van der Waals surface area contributed by atoms with Crippen molar-refractivity contribution < 1.29 is 14.5 Å². The third-order valence-corrected chi connectivity index (χ3v) is 7.34.